The summed E-state index contributed by atoms with van der Waals surface area (Å²) in [7, 11) is 0. The number of piperazine rings is 1. The molecule has 0 aliphatic carbocycles. The molecule has 2 aliphatic heterocycles. The first-order valence-electron chi connectivity index (χ1n) is 6.49. The third-order valence-corrected chi connectivity index (χ3v) is 3.55. The fourth-order valence-electron chi connectivity index (χ4n) is 2.54. The van der Waals surface area contributed by atoms with Crippen molar-refractivity contribution in [2.24, 2.45) is 0 Å². The van der Waals surface area contributed by atoms with Crippen LogP contribution in [0.5, 0.6) is 0 Å². The van der Waals surface area contributed by atoms with Crippen LogP contribution in [0.3, 0.4) is 0 Å². The van der Waals surface area contributed by atoms with E-state index in [4.69, 9.17) is 4.74 Å². The molecule has 1 aromatic rings. The van der Waals surface area contributed by atoms with E-state index in [0.29, 0.717) is 19.4 Å². The third-order valence-electron chi connectivity index (χ3n) is 3.55. The summed E-state index contributed by atoms with van der Waals surface area (Å²) in [5, 5.41) is 2.41. The zero-order valence-electron chi connectivity index (χ0n) is 10.8. The van der Waals surface area contributed by atoms with Crippen LogP contribution in [0.25, 0.3) is 0 Å². The number of imide groups is 1. The van der Waals surface area contributed by atoms with Gasteiger partial charge in [0.15, 0.2) is 0 Å². The standard InChI is InChI=1S/C14H14N2O4/c17-11-12(18)16(9-10-5-2-1-3-6-10)13(19)14(15-11)7-4-8-20-14/h1-3,5-6H,4,7-9H2,(H,15,17). The van der Waals surface area contributed by atoms with Crippen molar-refractivity contribution in [3.8, 4) is 0 Å². The summed E-state index contributed by atoms with van der Waals surface area (Å²) < 4.78 is 5.40. The van der Waals surface area contributed by atoms with Gasteiger partial charge in [-0.25, -0.2) is 0 Å². The summed E-state index contributed by atoms with van der Waals surface area (Å²) in [5.74, 6) is -2.11. The molecule has 6 nitrogen and oxygen atoms in total. The van der Waals surface area contributed by atoms with E-state index in [1.165, 1.54) is 0 Å². The number of nitrogens with one attached hydrogen (secondary N) is 1. The van der Waals surface area contributed by atoms with Crippen molar-refractivity contribution < 1.29 is 19.1 Å². The first-order valence-corrected chi connectivity index (χ1v) is 6.49. The predicted molar refractivity (Wildman–Crippen MR) is 68.1 cm³/mol. The Morgan fingerprint density at radius 1 is 1.20 bits per heavy atom. The number of benzene rings is 1. The number of hydrogen-bond acceptors (Lipinski definition) is 4. The second-order valence-electron chi connectivity index (χ2n) is 4.92. The molecule has 1 N–H and O–H groups in total. The molecule has 0 aromatic heterocycles. The van der Waals surface area contributed by atoms with Gasteiger partial charge in [-0.3, -0.25) is 19.3 Å². The summed E-state index contributed by atoms with van der Waals surface area (Å²) in [6, 6.07) is 9.08. The van der Waals surface area contributed by atoms with Crippen molar-refractivity contribution in [1.29, 1.82) is 0 Å². The van der Waals surface area contributed by atoms with Gasteiger partial charge in [-0.05, 0) is 12.0 Å². The Morgan fingerprint density at radius 2 is 1.95 bits per heavy atom. The summed E-state index contributed by atoms with van der Waals surface area (Å²) in [5.41, 5.74) is -0.559. The normalized spacial score (nSPS) is 26.2. The lowest BCUT2D eigenvalue weighted by molar-refractivity contribution is -0.177. The molecule has 3 rings (SSSR count). The van der Waals surface area contributed by atoms with Crippen molar-refractivity contribution in [2.75, 3.05) is 6.61 Å². The maximum absolute atomic E-state index is 12.5. The van der Waals surface area contributed by atoms with Gasteiger partial charge in [-0.1, -0.05) is 30.3 Å². The Morgan fingerprint density at radius 3 is 2.60 bits per heavy atom. The Balaban J connectivity index is 1.89. The summed E-state index contributed by atoms with van der Waals surface area (Å²) in [6.45, 7) is 0.483. The zero-order valence-corrected chi connectivity index (χ0v) is 10.8. The van der Waals surface area contributed by atoms with Crippen LogP contribution >= 0.6 is 0 Å². The second kappa shape index (κ2) is 4.72. The van der Waals surface area contributed by atoms with Gasteiger partial charge in [-0.15, -0.1) is 0 Å². The summed E-state index contributed by atoms with van der Waals surface area (Å²) in [6.07, 6.45) is 1.08. The maximum atomic E-state index is 12.5. The van der Waals surface area contributed by atoms with Gasteiger partial charge in [0, 0.05) is 6.42 Å². The van der Waals surface area contributed by atoms with Crippen LogP contribution in [0.15, 0.2) is 30.3 Å². The van der Waals surface area contributed by atoms with Crippen molar-refractivity contribution in [2.45, 2.75) is 25.1 Å². The number of ether oxygens (including phenoxy) is 1. The molecule has 6 heteroatoms. The van der Waals surface area contributed by atoms with E-state index in [1.54, 1.807) is 12.1 Å². The quantitative estimate of drug-likeness (QED) is 0.616. The van der Waals surface area contributed by atoms with Crippen LogP contribution in [-0.4, -0.2) is 35.0 Å². The van der Waals surface area contributed by atoms with Crippen molar-refractivity contribution in [3.63, 3.8) is 0 Å². The Hall–Kier alpha value is -2.21. The summed E-state index contributed by atoms with van der Waals surface area (Å²) >= 11 is 0. The van der Waals surface area contributed by atoms with Gasteiger partial charge >= 0.3 is 11.8 Å². The van der Waals surface area contributed by atoms with Crippen molar-refractivity contribution in [3.05, 3.63) is 35.9 Å². The molecule has 2 saturated heterocycles. The lowest BCUT2D eigenvalue weighted by Crippen LogP contribution is -2.68. The van der Waals surface area contributed by atoms with E-state index >= 15 is 0 Å². The molecule has 3 amide bonds. The number of carbonyl (C=O) groups is 3. The van der Waals surface area contributed by atoms with E-state index in [2.05, 4.69) is 5.32 Å². The van der Waals surface area contributed by atoms with Crippen LogP contribution in [0.2, 0.25) is 0 Å². The molecule has 20 heavy (non-hydrogen) atoms. The number of rotatable bonds is 2. The lowest BCUT2D eigenvalue weighted by Gasteiger charge is -2.37. The molecule has 1 spiro atoms. The van der Waals surface area contributed by atoms with E-state index in [1.807, 2.05) is 18.2 Å². The molecule has 1 atom stereocenters. The average molecular weight is 274 g/mol. The van der Waals surface area contributed by atoms with Gasteiger partial charge in [0.1, 0.15) is 0 Å². The molecule has 104 valence electrons. The highest BCUT2D eigenvalue weighted by atomic mass is 16.5. The minimum atomic E-state index is -1.35. The van der Waals surface area contributed by atoms with Crippen LogP contribution in [-0.2, 0) is 25.7 Å². The molecule has 2 fully saturated rings. The van der Waals surface area contributed by atoms with Gasteiger partial charge in [0.25, 0.3) is 5.91 Å². The Bertz CT molecular complexity index is 564. The van der Waals surface area contributed by atoms with Gasteiger partial charge in [-0.2, -0.15) is 0 Å². The Kier molecular flexibility index (Phi) is 3.02. The maximum Gasteiger partial charge on any atom is 0.319 e. The minimum Gasteiger partial charge on any atom is -0.347 e. The lowest BCUT2D eigenvalue weighted by atomic mass is 10.0. The SMILES string of the molecule is O=C1NC2(CCCO2)C(=O)N(Cc2ccccc2)C1=O. The van der Waals surface area contributed by atoms with Crippen LogP contribution in [0.4, 0.5) is 0 Å². The first kappa shape index (κ1) is 12.8. The number of nitrogens with zero attached hydrogens (tertiary/aromatic N) is 1. The molecular formula is C14H14N2O4. The van der Waals surface area contributed by atoms with Crippen molar-refractivity contribution in [1.82, 2.24) is 10.2 Å². The van der Waals surface area contributed by atoms with E-state index in [0.717, 1.165) is 10.5 Å². The van der Waals surface area contributed by atoms with E-state index in [9.17, 15) is 14.4 Å². The van der Waals surface area contributed by atoms with E-state index in [-0.39, 0.29) is 6.54 Å². The second-order valence-corrected chi connectivity index (χ2v) is 4.92. The van der Waals surface area contributed by atoms with Gasteiger partial charge < -0.3 is 10.1 Å². The molecule has 2 aliphatic rings. The zero-order chi connectivity index (χ0) is 14.2. The van der Waals surface area contributed by atoms with Gasteiger partial charge in [0.05, 0.1) is 13.2 Å². The average Bonchev–Trinajstić information content (AvgIpc) is 2.92. The molecule has 0 radical (unpaired) electrons. The molecule has 0 saturated carbocycles. The van der Waals surface area contributed by atoms with Crippen LogP contribution in [0.1, 0.15) is 18.4 Å². The van der Waals surface area contributed by atoms with Gasteiger partial charge in [0.2, 0.25) is 5.72 Å². The van der Waals surface area contributed by atoms with Crippen LogP contribution < -0.4 is 5.32 Å². The third kappa shape index (κ3) is 1.98. The number of amides is 3. The summed E-state index contributed by atoms with van der Waals surface area (Å²) in [4.78, 5) is 37.1. The highest BCUT2D eigenvalue weighted by Gasteiger charge is 2.53. The monoisotopic (exact) mass is 274 g/mol. The topological polar surface area (TPSA) is 75.7 Å². The minimum absolute atomic E-state index is 0.0804. The predicted octanol–water partition coefficient (Wildman–Crippen LogP) is 0.178. The fourth-order valence-corrected chi connectivity index (χ4v) is 2.54. The number of hydrogen-bond donors (Lipinski definition) is 1. The van der Waals surface area contributed by atoms with Crippen molar-refractivity contribution >= 4 is 17.7 Å². The number of carbonyl (C=O) groups excluding carboxylic acids is 3. The Labute approximate surface area is 115 Å². The largest absolute Gasteiger partial charge is 0.347 e. The molecule has 2 heterocycles. The fraction of sp³-hybridized carbons (Fsp3) is 0.357. The van der Waals surface area contributed by atoms with Crippen LogP contribution in [0, 0.1) is 0 Å². The molecular weight excluding hydrogens is 260 g/mol. The highest BCUT2D eigenvalue weighted by Crippen LogP contribution is 2.28. The molecule has 1 aromatic carbocycles. The first-order chi connectivity index (χ1) is 9.62. The molecule has 0 bridgehead atoms. The molecule has 1 unspecified atom stereocenters. The highest BCUT2D eigenvalue weighted by molar-refractivity contribution is 6.40. The smallest absolute Gasteiger partial charge is 0.319 e. The van der Waals surface area contributed by atoms with E-state index < -0.39 is 23.4 Å².